The number of aromatic nitrogens is 1. The Morgan fingerprint density at radius 2 is 1.67 bits per heavy atom. The summed E-state index contributed by atoms with van der Waals surface area (Å²) in [6.07, 6.45) is -1.98. The van der Waals surface area contributed by atoms with E-state index in [9.17, 15) is 13.2 Å². The molecule has 3 aromatic rings. The largest absolute Gasteiger partial charge is 0.487 e. The third-order valence-corrected chi connectivity index (χ3v) is 4.77. The molecular weight excluding hydrogens is 353 g/mol. The molecule has 27 heavy (non-hydrogen) atoms. The zero-order valence-corrected chi connectivity index (χ0v) is 14.7. The molecule has 3 nitrogen and oxygen atoms in total. The van der Waals surface area contributed by atoms with Crippen molar-refractivity contribution in [2.45, 2.75) is 25.6 Å². The topological polar surface area (TPSA) is 25.4 Å². The molecular formula is C21H19F3N2O. The van der Waals surface area contributed by atoms with E-state index in [1.54, 1.807) is 0 Å². The van der Waals surface area contributed by atoms with Gasteiger partial charge in [-0.2, -0.15) is 13.2 Å². The molecule has 6 heteroatoms. The van der Waals surface area contributed by atoms with Crippen LogP contribution in [0.4, 0.5) is 19.0 Å². The van der Waals surface area contributed by atoms with Crippen LogP contribution in [0, 0.1) is 0 Å². The van der Waals surface area contributed by atoms with Gasteiger partial charge in [-0.15, -0.1) is 0 Å². The van der Waals surface area contributed by atoms with Gasteiger partial charge >= 0.3 is 6.18 Å². The summed E-state index contributed by atoms with van der Waals surface area (Å²) in [4.78, 5) is 7.02. The number of pyridine rings is 1. The smallest absolute Gasteiger partial charge is 0.416 e. The van der Waals surface area contributed by atoms with E-state index in [-0.39, 0.29) is 6.61 Å². The van der Waals surface area contributed by atoms with E-state index in [1.165, 1.54) is 25.0 Å². The van der Waals surface area contributed by atoms with E-state index in [4.69, 9.17) is 9.72 Å². The number of nitrogens with zero attached hydrogens (tertiary/aromatic N) is 2. The van der Waals surface area contributed by atoms with Gasteiger partial charge < -0.3 is 9.64 Å². The van der Waals surface area contributed by atoms with Crippen molar-refractivity contribution in [3.05, 3.63) is 65.7 Å². The molecule has 0 radical (unpaired) electrons. The van der Waals surface area contributed by atoms with E-state index >= 15 is 0 Å². The van der Waals surface area contributed by atoms with E-state index in [0.717, 1.165) is 41.9 Å². The van der Waals surface area contributed by atoms with Crippen LogP contribution in [0.25, 0.3) is 10.9 Å². The predicted molar refractivity (Wildman–Crippen MR) is 99.0 cm³/mol. The quantitative estimate of drug-likeness (QED) is 0.610. The molecule has 2 heterocycles. The first-order chi connectivity index (χ1) is 13.0. The minimum atomic E-state index is -4.33. The highest BCUT2D eigenvalue weighted by Gasteiger charge is 2.29. The lowest BCUT2D eigenvalue weighted by Gasteiger charge is -2.17. The first kappa shape index (κ1) is 17.6. The Balaban J connectivity index is 1.55. The summed E-state index contributed by atoms with van der Waals surface area (Å²) in [5.74, 6) is 1.57. The third-order valence-electron chi connectivity index (χ3n) is 4.77. The normalized spacial score (nSPS) is 14.7. The molecule has 0 unspecified atom stereocenters. The van der Waals surface area contributed by atoms with Crippen LogP contribution in [0.1, 0.15) is 24.0 Å². The van der Waals surface area contributed by atoms with Crippen molar-refractivity contribution in [3.8, 4) is 5.75 Å². The maximum Gasteiger partial charge on any atom is 0.416 e. The molecule has 0 aliphatic carbocycles. The zero-order chi connectivity index (χ0) is 18.9. The van der Waals surface area contributed by atoms with Gasteiger partial charge in [-0.1, -0.05) is 24.3 Å². The highest BCUT2D eigenvalue weighted by molar-refractivity contribution is 5.86. The molecule has 0 atom stereocenters. The molecule has 0 bridgehead atoms. The van der Waals surface area contributed by atoms with E-state index in [0.29, 0.717) is 11.3 Å². The van der Waals surface area contributed by atoms with Crippen molar-refractivity contribution in [2.75, 3.05) is 18.0 Å². The molecule has 4 rings (SSSR count). The Bertz CT molecular complexity index is 932. The predicted octanol–water partition coefficient (Wildman–Crippen LogP) is 5.43. The van der Waals surface area contributed by atoms with Gasteiger partial charge in [0.1, 0.15) is 23.7 Å². The Morgan fingerprint density at radius 1 is 0.926 bits per heavy atom. The highest BCUT2D eigenvalue weighted by atomic mass is 19.4. The number of halogens is 3. The minimum Gasteiger partial charge on any atom is -0.487 e. The van der Waals surface area contributed by atoms with Crippen molar-refractivity contribution in [1.29, 1.82) is 0 Å². The van der Waals surface area contributed by atoms with Crippen LogP contribution in [0.2, 0.25) is 0 Å². The second kappa shape index (κ2) is 7.10. The van der Waals surface area contributed by atoms with Crippen molar-refractivity contribution >= 4 is 16.7 Å². The van der Waals surface area contributed by atoms with Gasteiger partial charge in [-0.3, -0.25) is 0 Å². The number of ether oxygens (including phenoxy) is 1. The van der Waals surface area contributed by atoms with Gasteiger partial charge in [-0.25, -0.2) is 4.98 Å². The average molecular weight is 372 g/mol. The fourth-order valence-corrected chi connectivity index (χ4v) is 3.30. The lowest BCUT2D eigenvalue weighted by atomic mass is 10.1. The first-order valence-electron chi connectivity index (χ1n) is 8.94. The summed E-state index contributed by atoms with van der Waals surface area (Å²) in [5, 5.41) is 0.975. The number of alkyl halides is 3. The van der Waals surface area contributed by atoms with Crippen LogP contribution in [0.3, 0.4) is 0 Å². The summed E-state index contributed by atoms with van der Waals surface area (Å²) in [6.45, 7) is 2.20. The van der Waals surface area contributed by atoms with Gasteiger partial charge in [0.05, 0.1) is 5.56 Å². The molecule has 1 fully saturated rings. The Hall–Kier alpha value is -2.76. The summed E-state index contributed by atoms with van der Waals surface area (Å²) in [7, 11) is 0. The minimum absolute atomic E-state index is 0.187. The number of hydrogen-bond acceptors (Lipinski definition) is 3. The summed E-state index contributed by atoms with van der Waals surface area (Å²) < 4.78 is 43.9. The van der Waals surface area contributed by atoms with E-state index in [1.807, 2.05) is 30.3 Å². The van der Waals surface area contributed by atoms with Crippen LogP contribution in [0.15, 0.2) is 54.6 Å². The standard InChI is InChI=1S/C21H19F3N2O/c22-21(23,24)17-9-6-15(7-10-17)14-27-18-5-3-4-16-8-11-19(25-20(16)18)26-12-1-2-13-26/h3-11H,1-2,12-14H2. The molecule has 1 aromatic heterocycles. The molecule has 140 valence electrons. The molecule has 0 saturated carbocycles. The number of para-hydroxylation sites is 1. The van der Waals surface area contributed by atoms with Gasteiger partial charge in [0.2, 0.25) is 0 Å². The maximum absolute atomic E-state index is 12.7. The fourth-order valence-electron chi connectivity index (χ4n) is 3.30. The van der Waals surface area contributed by atoms with Crippen LogP contribution < -0.4 is 9.64 Å². The number of benzene rings is 2. The van der Waals surface area contributed by atoms with Crippen LogP contribution in [-0.4, -0.2) is 18.1 Å². The van der Waals surface area contributed by atoms with Crippen LogP contribution in [0.5, 0.6) is 5.75 Å². The Kier molecular flexibility index (Phi) is 4.64. The maximum atomic E-state index is 12.7. The Labute approximate surface area is 155 Å². The van der Waals surface area contributed by atoms with Gasteiger partial charge in [0.15, 0.2) is 0 Å². The highest BCUT2D eigenvalue weighted by Crippen LogP contribution is 2.30. The van der Waals surface area contributed by atoms with Gasteiger partial charge in [0.25, 0.3) is 0 Å². The molecule has 0 amide bonds. The number of fused-ring (bicyclic) bond motifs is 1. The number of hydrogen-bond donors (Lipinski definition) is 0. The van der Waals surface area contributed by atoms with E-state index < -0.39 is 11.7 Å². The molecule has 1 aliphatic heterocycles. The van der Waals surface area contributed by atoms with Crippen molar-refractivity contribution in [3.63, 3.8) is 0 Å². The lowest BCUT2D eigenvalue weighted by molar-refractivity contribution is -0.137. The SMILES string of the molecule is FC(F)(F)c1ccc(COc2cccc3ccc(N4CCCC4)nc23)cc1. The third kappa shape index (κ3) is 3.84. The zero-order valence-electron chi connectivity index (χ0n) is 14.7. The van der Waals surface area contributed by atoms with Gasteiger partial charge in [0, 0.05) is 18.5 Å². The molecule has 2 aromatic carbocycles. The lowest BCUT2D eigenvalue weighted by Crippen LogP contribution is -2.18. The summed E-state index contributed by atoms with van der Waals surface area (Å²) >= 11 is 0. The monoisotopic (exact) mass is 372 g/mol. The summed E-state index contributed by atoms with van der Waals surface area (Å²) in [5.41, 5.74) is 0.790. The molecule has 1 saturated heterocycles. The molecule has 0 spiro atoms. The number of anilines is 1. The average Bonchev–Trinajstić information content (AvgIpc) is 3.20. The van der Waals surface area contributed by atoms with Crippen molar-refractivity contribution in [1.82, 2.24) is 4.98 Å². The van der Waals surface area contributed by atoms with Crippen LogP contribution >= 0.6 is 0 Å². The summed E-state index contributed by atoms with van der Waals surface area (Å²) in [6, 6.07) is 14.8. The Morgan fingerprint density at radius 3 is 2.37 bits per heavy atom. The van der Waals surface area contributed by atoms with Crippen LogP contribution in [-0.2, 0) is 12.8 Å². The number of rotatable bonds is 4. The van der Waals surface area contributed by atoms with E-state index in [2.05, 4.69) is 4.90 Å². The van der Waals surface area contributed by atoms with Crippen molar-refractivity contribution in [2.24, 2.45) is 0 Å². The second-order valence-corrected chi connectivity index (χ2v) is 6.67. The second-order valence-electron chi connectivity index (χ2n) is 6.67. The van der Waals surface area contributed by atoms with Gasteiger partial charge in [-0.05, 0) is 48.7 Å². The fraction of sp³-hybridized carbons (Fsp3) is 0.286. The van der Waals surface area contributed by atoms with Crippen molar-refractivity contribution < 1.29 is 17.9 Å². The molecule has 1 aliphatic rings. The molecule has 0 N–H and O–H groups in total. The first-order valence-corrected chi connectivity index (χ1v) is 8.94.